The number of nitrogen functional groups attached to an aromatic ring is 1. The molecule has 0 spiro atoms. The first-order chi connectivity index (χ1) is 19.6. The maximum Gasteiger partial charge on any atom is 0.334 e. The molecule has 2 aromatic rings. The predicted molar refractivity (Wildman–Crippen MR) is 169 cm³/mol. The van der Waals surface area contributed by atoms with E-state index in [9.17, 15) is 10.1 Å². The van der Waals surface area contributed by atoms with Crippen LogP contribution >= 0.6 is 23.2 Å². The van der Waals surface area contributed by atoms with Crippen molar-refractivity contribution in [3.63, 3.8) is 0 Å². The van der Waals surface area contributed by atoms with Crippen LogP contribution in [0.1, 0.15) is 50.8 Å². The van der Waals surface area contributed by atoms with Crippen LogP contribution in [0.15, 0.2) is 93.3 Å². The molecule has 3 N–H and O–H groups in total. The molecule has 0 bridgehead atoms. The summed E-state index contributed by atoms with van der Waals surface area (Å²) in [4.78, 5) is 25.7. The number of halogens is 2. The summed E-state index contributed by atoms with van der Waals surface area (Å²) in [5.74, 6) is 0.546. The Morgan fingerprint density at radius 2 is 1.98 bits per heavy atom. The van der Waals surface area contributed by atoms with Crippen molar-refractivity contribution in [2.24, 2.45) is 9.98 Å². The molecular formula is C31H33Cl2N7O. The van der Waals surface area contributed by atoms with Gasteiger partial charge in [0.2, 0.25) is 5.96 Å². The highest BCUT2D eigenvalue weighted by Gasteiger charge is 2.34. The Labute approximate surface area is 251 Å². The lowest BCUT2D eigenvalue weighted by Gasteiger charge is -2.40. The molecular weight excluding hydrogens is 557 g/mol. The number of urea groups is 1. The number of hydrogen-bond donors (Lipinski definition) is 2. The third-order valence-corrected chi connectivity index (χ3v) is 6.84. The fourth-order valence-electron chi connectivity index (χ4n) is 3.89. The molecule has 3 rings (SSSR count). The number of benzene rings is 2. The molecule has 0 atom stereocenters. The molecule has 212 valence electrons. The third kappa shape index (κ3) is 7.88. The van der Waals surface area contributed by atoms with Crippen LogP contribution in [-0.2, 0) is 6.54 Å². The zero-order valence-electron chi connectivity index (χ0n) is 23.6. The van der Waals surface area contributed by atoms with E-state index in [1.807, 2.05) is 33.8 Å². The van der Waals surface area contributed by atoms with Gasteiger partial charge in [-0.3, -0.25) is 15.2 Å². The minimum atomic E-state index is -0.463. The Morgan fingerprint density at radius 1 is 1.22 bits per heavy atom. The van der Waals surface area contributed by atoms with Gasteiger partial charge in [-0.2, -0.15) is 5.26 Å². The second-order valence-electron chi connectivity index (χ2n) is 9.15. The number of hydrogen-bond acceptors (Lipinski definition) is 5. The van der Waals surface area contributed by atoms with E-state index in [0.29, 0.717) is 56.2 Å². The third-order valence-electron chi connectivity index (χ3n) is 6.25. The molecule has 2 amide bonds. The van der Waals surface area contributed by atoms with Crippen LogP contribution in [0.2, 0.25) is 5.02 Å². The summed E-state index contributed by atoms with van der Waals surface area (Å²) in [6, 6.07) is 11.9. The summed E-state index contributed by atoms with van der Waals surface area (Å²) in [5, 5.41) is 13.3. The summed E-state index contributed by atoms with van der Waals surface area (Å²) >= 11 is 13.0. The van der Waals surface area contributed by atoms with E-state index < -0.39 is 6.03 Å². The van der Waals surface area contributed by atoms with E-state index in [2.05, 4.69) is 23.0 Å². The normalized spacial score (nSPS) is 16.0. The molecule has 2 aromatic carbocycles. The second kappa shape index (κ2) is 14.4. The van der Waals surface area contributed by atoms with E-state index in [1.165, 1.54) is 4.90 Å². The number of aliphatic imine (C=N–C) groups is 2. The zero-order chi connectivity index (χ0) is 30.1. The lowest BCUT2D eigenvalue weighted by molar-refractivity contribution is 0.206. The van der Waals surface area contributed by atoms with Crippen LogP contribution in [0.5, 0.6) is 0 Å². The molecule has 0 aliphatic carbocycles. The first-order valence-electron chi connectivity index (χ1n) is 13.1. The number of anilines is 1. The summed E-state index contributed by atoms with van der Waals surface area (Å²) < 4.78 is 0. The lowest BCUT2D eigenvalue weighted by Crippen LogP contribution is -2.57. The minimum Gasteiger partial charge on any atom is -0.398 e. The summed E-state index contributed by atoms with van der Waals surface area (Å²) in [6.45, 7) is 12.8. The molecule has 1 fully saturated rings. The Bertz CT molecular complexity index is 1530. The number of nitrogens with two attached hydrogens (primary N) is 1. The van der Waals surface area contributed by atoms with Crippen molar-refractivity contribution >= 4 is 52.8 Å². The number of amides is 2. The Morgan fingerprint density at radius 3 is 2.63 bits per heavy atom. The van der Waals surface area contributed by atoms with Crippen LogP contribution in [0.3, 0.4) is 0 Å². The van der Waals surface area contributed by atoms with Gasteiger partial charge in [-0.05, 0) is 81.3 Å². The molecule has 1 saturated heterocycles. The van der Waals surface area contributed by atoms with Crippen LogP contribution in [0.4, 0.5) is 16.2 Å². The van der Waals surface area contributed by atoms with Gasteiger partial charge in [0.05, 0.1) is 23.9 Å². The average molecular weight is 591 g/mol. The first kappa shape index (κ1) is 31.2. The van der Waals surface area contributed by atoms with E-state index in [-0.39, 0.29) is 12.5 Å². The summed E-state index contributed by atoms with van der Waals surface area (Å²) in [5.41, 5.74) is 10.6. The summed E-state index contributed by atoms with van der Waals surface area (Å²) in [7, 11) is 0. The largest absolute Gasteiger partial charge is 0.398 e. The average Bonchev–Trinajstić information content (AvgIpc) is 2.95. The maximum absolute atomic E-state index is 13.5. The molecule has 0 saturated carbocycles. The SMILES string of the molecule is C=C1N(Cc2cc(C#N)ccc2Cl)C(=Nc2ccc(N)c(C=NCC)c2)NC(=O)N1C(/C=C(Cl)\C=C(/C)CC)=C/C. The zero-order valence-corrected chi connectivity index (χ0v) is 25.1. The predicted octanol–water partition coefficient (Wildman–Crippen LogP) is 7.60. The number of guanidine groups is 1. The number of allylic oxidation sites excluding steroid dienone is 5. The number of carbonyl (C=O) groups excluding carboxylic acids is 1. The van der Waals surface area contributed by atoms with Crippen molar-refractivity contribution in [2.75, 3.05) is 12.3 Å². The van der Waals surface area contributed by atoms with Crippen LogP contribution in [-0.4, -0.2) is 34.5 Å². The van der Waals surface area contributed by atoms with Crippen molar-refractivity contribution in [1.82, 2.24) is 15.1 Å². The van der Waals surface area contributed by atoms with E-state index in [0.717, 1.165) is 12.0 Å². The minimum absolute atomic E-state index is 0.172. The number of nitrogens with zero attached hydrogens (tertiary/aromatic N) is 5. The molecule has 0 radical (unpaired) electrons. The molecule has 8 nitrogen and oxygen atoms in total. The molecule has 0 aromatic heterocycles. The molecule has 10 heteroatoms. The van der Waals surface area contributed by atoms with Crippen molar-refractivity contribution < 1.29 is 4.79 Å². The van der Waals surface area contributed by atoms with Crippen LogP contribution in [0, 0.1) is 11.3 Å². The standard InChI is InChI=1S/C31H33Cl2N7O/c1-6-20(4)13-25(32)16-27(7-2)40-21(5)39(19-24-14-22(17-34)9-11-28(24)33)30(38-31(40)41)37-26-10-12-29(35)23(15-26)18-36-8-3/h7,9-16,18H,5-6,8,19,35H2,1-4H3,(H,37,38,41)/b20-13+,25-16+,27-7+,36-18?. The number of nitrogens with one attached hydrogen (secondary N) is 1. The van der Waals surface area contributed by atoms with E-state index in [1.54, 1.807) is 59.7 Å². The van der Waals surface area contributed by atoms with Gasteiger partial charge in [0.25, 0.3) is 0 Å². The number of nitriles is 1. The van der Waals surface area contributed by atoms with E-state index in [4.69, 9.17) is 33.9 Å². The molecule has 41 heavy (non-hydrogen) atoms. The highest BCUT2D eigenvalue weighted by Crippen LogP contribution is 2.29. The smallest absolute Gasteiger partial charge is 0.334 e. The highest BCUT2D eigenvalue weighted by molar-refractivity contribution is 6.31. The van der Waals surface area contributed by atoms with Gasteiger partial charge in [0, 0.05) is 39.8 Å². The number of carbonyl (C=O) groups is 1. The topological polar surface area (TPSA) is 110 Å². The first-order valence-corrected chi connectivity index (χ1v) is 13.8. The van der Waals surface area contributed by atoms with Gasteiger partial charge < -0.3 is 5.73 Å². The second-order valence-corrected chi connectivity index (χ2v) is 9.99. The Kier molecular flexibility index (Phi) is 10.9. The quantitative estimate of drug-likeness (QED) is 0.178. The Balaban J connectivity index is 2.12. The summed E-state index contributed by atoms with van der Waals surface area (Å²) in [6.07, 6.45) is 7.86. The molecule has 1 aliphatic rings. The van der Waals surface area contributed by atoms with Gasteiger partial charge in [-0.1, -0.05) is 48.4 Å². The fourth-order valence-corrected chi connectivity index (χ4v) is 4.36. The van der Waals surface area contributed by atoms with Gasteiger partial charge in [0.1, 0.15) is 5.82 Å². The fraction of sp³-hybridized carbons (Fsp3) is 0.226. The van der Waals surface area contributed by atoms with Crippen molar-refractivity contribution in [1.29, 1.82) is 5.26 Å². The van der Waals surface area contributed by atoms with Crippen molar-refractivity contribution in [2.45, 2.75) is 40.7 Å². The monoisotopic (exact) mass is 589 g/mol. The van der Waals surface area contributed by atoms with Crippen molar-refractivity contribution in [3.05, 3.63) is 105 Å². The van der Waals surface area contributed by atoms with Gasteiger partial charge >= 0.3 is 6.03 Å². The van der Waals surface area contributed by atoms with Crippen molar-refractivity contribution in [3.8, 4) is 6.07 Å². The maximum atomic E-state index is 13.5. The van der Waals surface area contributed by atoms with Gasteiger partial charge in [0.15, 0.2) is 0 Å². The Hall–Kier alpha value is -4.32. The molecule has 1 aliphatic heterocycles. The lowest BCUT2D eigenvalue weighted by atomic mass is 10.1. The highest BCUT2D eigenvalue weighted by atomic mass is 35.5. The van der Waals surface area contributed by atoms with Crippen LogP contribution in [0.25, 0.3) is 0 Å². The molecule has 1 heterocycles. The van der Waals surface area contributed by atoms with Crippen LogP contribution < -0.4 is 11.1 Å². The molecule has 0 unspecified atom stereocenters. The number of rotatable bonds is 9. The van der Waals surface area contributed by atoms with E-state index >= 15 is 0 Å². The van der Waals surface area contributed by atoms with Gasteiger partial charge in [-0.15, -0.1) is 0 Å². The van der Waals surface area contributed by atoms with Gasteiger partial charge in [-0.25, -0.2) is 14.7 Å².